The largest absolute Gasteiger partial charge is 0.463 e. The molecule has 2 saturated heterocycles. The first kappa shape index (κ1) is 54.8. The van der Waals surface area contributed by atoms with E-state index in [1.807, 2.05) is 121 Å². The van der Waals surface area contributed by atoms with E-state index in [0.29, 0.717) is 4.90 Å². The molecule has 8 rings (SSSR count). The number of halogens is 4. The van der Waals surface area contributed by atoms with Gasteiger partial charge in [0.1, 0.15) is 43.2 Å². The number of nitrogens with zero attached hydrogens (tertiary/aromatic N) is 1. The fourth-order valence-corrected chi connectivity index (χ4v) is 9.90. The van der Waals surface area contributed by atoms with Crippen molar-refractivity contribution in [2.75, 3.05) is 13.2 Å². The lowest BCUT2D eigenvalue weighted by molar-refractivity contribution is -0.342. The molecule has 5 aromatic carbocycles. The minimum absolute atomic E-state index is 0.0603. The first-order chi connectivity index (χ1) is 35.7. The normalized spacial score (nSPS) is 24.6. The first-order valence-electron chi connectivity index (χ1n) is 23.5. The summed E-state index contributed by atoms with van der Waals surface area (Å²) in [4.78, 5) is 68.3. The molecule has 3 aliphatic rings. The number of rotatable bonds is 20. The van der Waals surface area contributed by atoms with E-state index in [2.05, 4.69) is 0 Å². The highest BCUT2D eigenvalue weighted by atomic mass is 35.5. The molecule has 0 aromatic heterocycles. The average molecular weight is 1100 g/mol. The van der Waals surface area contributed by atoms with Gasteiger partial charge in [-0.15, -0.1) is 0 Å². The van der Waals surface area contributed by atoms with E-state index in [1.54, 1.807) is 0 Å². The van der Waals surface area contributed by atoms with Gasteiger partial charge in [-0.2, -0.15) is 0 Å². The lowest BCUT2D eigenvalue weighted by atomic mass is 9.94. The summed E-state index contributed by atoms with van der Waals surface area (Å²) < 4.78 is 64.1. The molecule has 0 unspecified atom stereocenters. The Bertz CT molecular complexity index is 2710. The minimum atomic E-state index is -1.80. The Kier molecular flexibility index (Phi) is 18.8. The van der Waals surface area contributed by atoms with Crippen molar-refractivity contribution in [3.8, 4) is 0 Å². The van der Waals surface area contributed by atoms with Crippen molar-refractivity contribution < 1.29 is 71.3 Å². The fraction of sp³-hybridized carbons (Fsp3) is 0.352. The highest BCUT2D eigenvalue weighted by Crippen LogP contribution is 2.47. The molecular formula is C54H51Cl4NO15. The summed E-state index contributed by atoms with van der Waals surface area (Å²) in [5.41, 5.74) is 2.52. The van der Waals surface area contributed by atoms with E-state index < -0.39 is 115 Å². The standard InChI is InChI=1S/C54H51Cl4NO15/c1-30(60)65-28-38-47(71-31(2)61)48(72-32(3)62)45(59-51(63)39-40(52(59)64)42(56)44(58)43(57)41(39)55)53(73-38)70-29-37-46(66-24-33-16-8-4-9-17-33)49(67-25-34-18-10-5-11-19-34)50(68-26-35-20-12-6-13-21-35)54(74-37)69-27-36-22-14-7-15-23-36/h4-23,37-38,45-50,53-54H,24-29H2,1-3H3/t37-,38-,45-,46+,47-,48-,49+,50-,53-,54+/m1/s1. The van der Waals surface area contributed by atoms with E-state index in [1.165, 1.54) is 0 Å². The molecule has 74 heavy (non-hydrogen) atoms. The Hall–Kier alpha value is -5.47. The molecule has 0 N–H and O–H groups in total. The average Bonchev–Trinajstić information content (AvgIpc) is 3.67. The minimum Gasteiger partial charge on any atom is -0.463 e. The van der Waals surface area contributed by atoms with Gasteiger partial charge in [-0.25, -0.2) is 0 Å². The van der Waals surface area contributed by atoms with E-state index in [4.69, 9.17) is 93.8 Å². The third kappa shape index (κ3) is 12.9. The van der Waals surface area contributed by atoms with Crippen molar-refractivity contribution in [2.45, 2.75) is 109 Å². The van der Waals surface area contributed by atoms with Crippen molar-refractivity contribution in [1.29, 1.82) is 0 Å². The summed E-state index contributed by atoms with van der Waals surface area (Å²) in [5.74, 6) is -4.66. The molecule has 0 bridgehead atoms. The molecule has 16 nitrogen and oxygen atoms in total. The first-order valence-corrected chi connectivity index (χ1v) is 25.0. The van der Waals surface area contributed by atoms with Gasteiger partial charge in [0.25, 0.3) is 11.8 Å². The molecule has 3 heterocycles. The molecule has 2 fully saturated rings. The van der Waals surface area contributed by atoms with Gasteiger partial charge in [0.15, 0.2) is 24.8 Å². The van der Waals surface area contributed by atoms with Crippen molar-refractivity contribution in [1.82, 2.24) is 4.90 Å². The van der Waals surface area contributed by atoms with E-state index in [9.17, 15) is 24.0 Å². The molecule has 0 aliphatic carbocycles. The van der Waals surface area contributed by atoms with Gasteiger partial charge in [0, 0.05) is 20.8 Å². The summed E-state index contributed by atoms with van der Waals surface area (Å²) in [6.45, 7) is 2.62. The van der Waals surface area contributed by atoms with Crippen molar-refractivity contribution in [2.24, 2.45) is 0 Å². The Labute approximate surface area is 446 Å². The van der Waals surface area contributed by atoms with Crippen LogP contribution >= 0.6 is 46.4 Å². The van der Waals surface area contributed by atoms with E-state index in [0.717, 1.165) is 43.0 Å². The SMILES string of the molecule is CC(=O)OC[C@H]1O[C@@H](OC[C@H]2O[C@H](OCc3ccccc3)[C@H](OCc3ccccc3)[C@@H](OCc3ccccc3)[C@H]2OCc2ccccc2)[C@H](N2C(=O)c3c(Cl)c(Cl)c(Cl)c(Cl)c3C2=O)[C@@H](OC(C)=O)[C@@H]1OC(C)=O. The number of esters is 3. The Morgan fingerprint density at radius 3 is 1.28 bits per heavy atom. The van der Waals surface area contributed by atoms with E-state index >= 15 is 0 Å². The molecule has 0 radical (unpaired) electrons. The number of ether oxygens (including phenoxy) is 10. The number of amides is 2. The Morgan fingerprint density at radius 1 is 0.446 bits per heavy atom. The maximum Gasteiger partial charge on any atom is 0.303 e. The molecule has 10 atom stereocenters. The van der Waals surface area contributed by atoms with Gasteiger partial charge in [-0.1, -0.05) is 168 Å². The summed E-state index contributed by atoms with van der Waals surface area (Å²) >= 11 is 26.0. The number of fused-ring (bicyclic) bond motifs is 1. The number of carbonyl (C=O) groups excluding carboxylic acids is 5. The number of hydrogen-bond donors (Lipinski definition) is 0. The summed E-state index contributed by atoms with van der Waals surface area (Å²) in [6, 6.07) is 36.1. The zero-order valence-corrected chi connectivity index (χ0v) is 43.2. The highest BCUT2D eigenvalue weighted by Gasteiger charge is 2.59. The smallest absolute Gasteiger partial charge is 0.303 e. The highest BCUT2D eigenvalue weighted by molar-refractivity contribution is 6.55. The second kappa shape index (κ2) is 25.4. The zero-order valence-electron chi connectivity index (χ0n) is 40.1. The summed E-state index contributed by atoms with van der Waals surface area (Å²) in [5, 5.41) is -1.39. The van der Waals surface area contributed by atoms with Crippen LogP contribution in [0.4, 0.5) is 0 Å². The van der Waals surface area contributed by atoms with Crippen LogP contribution in [0.3, 0.4) is 0 Å². The monoisotopic (exact) mass is 1090 g/mol. The molecule has 20 heteroatoms. The van der Waals surface area contributed by atoms with Gasteiger partial charge in [-0.05, 0) is 22.3 Å². The quantitative estimate of drug-likeness (QED) is 0.0236. The number of benzene rings is 5. The second-order valence-corrected chi connectivity index (χ2v) is 18.9. The zero-order chi connectivity index (χ0) is 52.5. The molecule has 0 spiro atoms. The van der Waals surface area contributed by atoms with Crippen LogP contribution in [0.5, 0.6) is 0 Å². The molecular weight excluding hydrogens is 1040 g/mol. The van der Waals surface area contributed by atoms with Crippen LogP contribution in [0.2, 0.25) is 20.1 Å². The van der Waals surface area contributed by atoms with Crippen LogP contribution in [-0.4, -0.2) is 109 Å². The van der Waals surface area contributed by atoms with Crippen molar-refractivity contribution in [3.05, 3.63) is 175 Å². The third-order valence-electron chi connectivity index (χ3n) is 12.2. The summed E-state index contributed by atoms with van der Waals surface area (Å²) in [7, 11) is 0. The molecule has 3 aliphatic heterocycles. The van der Waals surface area contributed by atoms with Crippen LogP contribution in [-0.2, 0) is 88.2 Å². The predicted molar refractivity (Wildman–Crippen MR) is 268 cm³/mol. The van der Waals surface area contributed by atoms with Crippen LogP contribution in [0.15, 0.2) is 121 Å². The Balaban J connectivity index is 1.22. The molecule has 0 saturated carbocycles. The van der Waals surface area contributed by atoms with E-state index in [-0.39, 0.29) is 46.5 Å². The maximum atomic E-state index is 14.7. The van der Waals surface area contributed by atoms with Gasteiger partial charge >= 0.3 is 17.9 Å². The maximum absolute atomic E-state index is 14.7. The number of hydrogen-bond acceptors (Lipinski definition) is 15. The second-order valence-electron chi connectivity index (χ2n) is 17.4. The molecule has 2 amide bonds. The lowest BCUT2D eigenvalue weighted by Gasteiger charge is -2.48. The van der Waals surface area contributed by atoms with Crippen LogP contribution in [0.1, 0.15) is 63.7 Å². The van der Waals surface area contributed by atoms with Gasteiger partial charge < -0.3 is 47.4 Å². The molecule has 390 valence electrons. The van der Waals surface area contributed by atoms with Crippen molar-refractivity contribution >= 4 is 76.1 Å². The number of carbonyl (C=O) groups is 5. The fourth-order valence-electron chi connectivity index (χ4n) is 8.89. The van der Waals surface area contributed by atoms with Crippen LogP contribution in [0.25, 0.3) is 0 Å². The van der Waals surface area contributed by atoms with Crippen molar-refractivity contribution in [3.63, 3.8) is 0 Å². The van der Waals surface area contributed by atoms with Gasteiger partial charge in [-0.3, -0.25) is 28.9 Å². The van der Waals surface area contributed by atoms with Crippen LogP contribution < -0.4 is 0 Å². The number of imide groups is 1. The third-order valence-corrected chi connectivity index (χ3v) is 14.0. The topological polar surface area (TPSA) is 181 Å². The van der Waals surface area contributed by atoms with Gasteiger partial charge in [0.2, 0.25) is 0 Å². The van der Waals surface area contributed by atoms with Gasteiger partial charge in [0.05, 0.1) is 64.3 Å². The Morgan fingerprint density at radius 2 is 0.838 bits per heavy atom. The predicted octanol–water partition coefficient (Wildman–Crippen LogP) is 9.13. The summed E-state index contributed by atoms with van der Waals surface area (Å²) in [6.07, 6.45) is -11.8. The molecule has 5 aromatic rings. The van der Waals surface area contributed by atoms with Crippen LogP contribution in [0, 0.1) is 0 Å². The lowest BCUT2D eigenvalue weighted by Crippen LogP contribution is -2.68.